The van der Waals surface area contributed by atoms with Gasteiger partial charge in [0.25, 0.3) is 0 Å². The highest BCUT2D eigenvalue weighted by Crippen LogP contribution is 2.30. The zero-order chi connectivity index (χ0) is 12.2. The monoisotopic (exact) mass is 233 g/mol. The van der Waals surface area contributed by atoms with E-state index < -0.39 is 11.7 Å². The van der Waals surface area contributed by atoms with Gasteiger partial charge in [-0.15, -0.1) is 5.11 Å². The van der Waals surface area contributed by atoms with Crippen LogP contribution in [-0.4, -0.2) is 23.9 Å². The number of alkyl halides is 3. The van der Waals surface area contributed by atoms with Crippen molar-refractivity contribution in [1.82, 2.24) is 5.01 Å². The van der Waals surface area contributed by atoms with Crippen molar-refractivity contribution in [3.63, 3.8) is 0 Å². The fraction of sp³-hybridized carbons (Fsp3) is 0.333. The number of aliphatic hydroxyl groups is 1. The van der Waals surface area contributed by atoms with Crippen LogP contribution in [-0.2, 0) is 6.18 Å². The average molecular weight is 233 g/mol. The second-order valence-electron chi connectivity index (χ2n) is 3.03. The third kappa shape index (κ3) is 3.50. The summed E-state index contributed by atoms with van der Waals surface area (Å²) in [5.41, 5.74) is -0.449. The van der Waals surface area contributed by atoms with Gasteiger partial charge in [-0.05, 0) is 24.3 Å². The molecule has 1 N–H and O–H groups in total. The average Bonchev–Trinajstić information content (AvgIpc) is 2.25. The second kappa shape index (κ2) is 4.93. The maximum absolute atomic E-state index is 12.2. The third-order valence-electron chi connectivity index (χ3n) is 1.71. The zero-order valence-electron chi connectivity index (χ0n) is 8.44. The Morgan fingerprint density at radius 2 is 1.81 bits per heavy atom. The molecule has 0 amide bonds. The molecule has 7 heteroatoms. The summed E-state index contributed by atoms with van der Waals surface area (Å²) in [4.78, 5) is 0. The number of hydrogen-bond acceptors (Lipinski definition) is 3. The fourth-order valence-corrected chi connectivity index (χ4v) is 0.873. The molecule has 0 radical (unpaired) electrons. The molecule has 0 unspecified atom stereocenters. The molecule has 0 bridgehead atoms. The SMILES string of the molecule is CN(CO)N=Nc1ccc(C(F)(F)F)cc1. The van der Waals surface area contributed by atoms with Gasteiger partial charge in [0.1, 0.15) is 6.73 Å². The Morgan fingerprint density at radius 1 is 1.25 bits per heavy atom. The van der Waals surface area contributed by atoms with Crippen molar-refractivity contribution in [3.05, 3.63) is 29.8 Å². The Hall–Kier alpha value is -1.63. The molecule has 88 valence electrons. The van der Waals surface area contributed by atoms with Crippen molar-refractivity contribution in [3.8, 4) is 0 Å². The largest absolute Gasteiger partial charge is 0.416 e. The predicted octanol–water partition coefficient (Wildman–Crippen LogP) is 2.59. The highest BCUT2D eigenvalue weighted by molar-refractivity contribution is 5.38. The van der Waals surface area contributed by atoms with Gasteiger partial charge in [0.05, 0.1) is 11.3 Å². The Morgan fingerprint density at radius 3 is 2.25 bits per heavy atom. The summed E-state index contributed by atoms with van der Waals surface area (Å²) in [5, 5.41) is 16.9. The molecule has 0 atom stereocenters. The van der Waals surface area contributed by atoms with Gasteiger partial charge in [-0.1, -0.05) is 5.22 Å². The van der Waals surface area contributed by atoms with Gasteiger partial charge in [0.2, 0.25) is 0 Å². The Kier molecular flexibility index (Phi) is 3.83. The standard InChI is InChI=1S/C9H10F3N3O/c1-15(6-16)14-13-8-4-2-7(3-5-8)9(10,11)12/h2-5,16H,6H2,1H3. The maximum Gasteiger partial charge on any atom is 0.416 e. The van der Waals surface area contributed by atoms with Gasteiger partial charge in [0, 0.05) is 7.05 Å². The van der Waals surface area contributed by atoms with E-state index in [1.165, 1.54) is 19.2 Å². The topological polar surface area (TPSA) is 48.2 Å². The van der Waals surface area contributed by atoms with Crippen LogP contribution in [0.4, 0.5) is 18.9 Å². The molecule has 1 aromatic carbocycles. The highest BCUT2D eigenvalue weighted by atomic mass is 19.4. The lowest BCUT2D eigenvalue weighted by Gasteiger charge is -2.06. The second-order valence-corrected chi connectivity index (χ2v) is 3.03. The van der Waals surface area contributed by atoms with E-state index in [-0.39, 0.29) is 12.4 Å². The van der Waals surface area contributed by atoms with Crippen LogP contribution in [0.1, 0.15) is 5.56 Å². The molecule has 0 saturated carbocycles. The van der Waals surface area contributed by atoms with E-state index in [4.69, 9.17) is 5.11 Å². The van der Waals surface area contributed by atoms with Crippen LogP contribution in [0.15, 0.2) is 34.6 Å². The third-order valence-corrected chi connectivity index (χ3v) is 1.71. The van der Waals surface area contributed by atoms with E-state index in [0.29, 0.717) is 0 Å². The molecule has 0 aliphatic heterocycles. The Bertz CT molecular complexity index is 361. The number of nitrogens with zero attached hydrogens (tertiary/aromatic N) is 3. The van der Waals surface area contributed by atoms with E-state index in [1.54, 1.807) is 0 Å². The van der Waals surface area contributed by atoms with Crippen LogP contribution in [0.2, 0.25) is 0 Å². The highest BCUT2D eigenvalue weighted by Gasteiger charge is 2.29. The van der Waals surface area contributed by atoms with E-state index in [9.17, 15) is 13.2 Å². The van der Waals surface area contributed by atoms with Crippen molar-refractivity contribution < 1.29 is 18.3 Å². The molecule has 0 saturated heterocycles. The summed E-state index contributed by atoms with van der Waals surface area (Å²) in [6.07, 6.45) is -4.35. The number of benzene rings is 1. The van der Waals surface area contributed by atoms with Gasteiger partial charge >= 0.3 is 6.18 Å². The minimum Gasteiger partial charge on any atom is -0.375 e. The summed E-state index contributed by atoms with van der Waals surface area (Å²) < 4.78 is 36.6. The lowest BCUT2D eigenvalue weighted by atomic mass is 10.2. The number of hydrogen-bond donors (Lipinski definition) is 1. The fourth-order valence-electron chi connectivity index (χ4n) is 0.873. The van der Waals surface area contributed by atoms with Crippen LogP contribution >= 0.6 is 0 Å². The number of rotatable bonds is 3. The Balaban J connectivity index is 2.76. The predicted molar refractivity (Wildman–Crippen MR) is 50.8 cm³/mol. The summed E-state index contributed by atoms with van der Waals surface area (Å²) >= 11 is 0. The van der Waals surface area contributed by atoms with E-state index in [2.05, 4.69) is 10.3 Å². The lowest BCUT2D eigenvalue weighted by Crippen LogP contribution is -2.10. The summed E-state index contributed by atoms with van der Waals surface area (Å²) in [5.74, 6) is 0. The number of halogens is 3. The molecule has 0 aromatic heterocycles. The summed E-state index contributed by atoms with van der Waals surface area (Å²) in [7, 11) is 1.48. The van der Waals surface area contributed by atoms with E-state index in [1.807, 2.05) is 0 Å². The van der Waals surface area contributed by atoms with Crippen molar-refractivity contribution in [2.75, 3.05) is 13.8 Å². The molecule has 16 heavy (non-hydrogen) atoms. The first-order valence-electron chi connectivity index (χ1n) is 4.34. The molecule has 0 fully saturated rings. The normalized spacial score (nSPS) is 12.1. The smallest absolute Gasteiger partial charge is 0.375 e. The van der Waals surface area contributed by atoms with Crippen LogP contribution < -0.4 is 0 Å². The lowest BCUT2D eigenvalue weighted by molar-refractivity contribution is -0.137. The summed E-state index contributed by atoms with van der Waals surface area (Å²) in [6.45, 7) is -0.315. The van der Waals surface area contributed by atoms with Crippen molar-refractivity contribution in [1.29, 1.82) is 0 Å². The quantitative estimate of drug-likeness (QED) is 0.495. The van der Waals surface area contributed by atoms with E-state index in [0.717, 1.165) is 17.1 Å². The molecule has 0 heterocycles. The van der Waals surface area contributed by atoms with Gasteiger partial charge in [-0.25, -0.2) is 0 Å². The minimum absolute atomic E-state index is 0.285. The molecule has 0 spiro atoms. The first kappa shape index (κ1) is 12.4. The van der Waals surface area contributed by atoms with Crippen molar-refractivity contribution in [2.24, 2.45) is 10.3 Å². The van der Waals surface area contributed by atoms with Crippen LogP contribution in [0.25, 0.3) is 0 Å². The summed E-state index contributed by atoms with van der Waals surface area (Å²) in [6, 6.07) is 4.26. The van der Waals surface area contributed by atoms with Crippen LogP contribution in [0.5, 0.6) is 0 Å². The van der Waals surface area contributed by atoms with Gasteiger partial charge in [-0.3, -0.25) is 5.01 Å². The van der Waals surface area contributed by atoms with Crippen LogP contribution in [0, 0.1) is 0 Å². The first-order chi connectivity index (χ1) is 7.43. The molecule has 0 aliphatic rings. The van der Waals surface area contributed by atoms with Gasteiger partial charge < -0.3 is 5.11 Å². The molecule has 0 aliphatic carbocycles. The first-order valence-corrected chi connectivity index (χ1v) is 4.34. The van der Waals surface area contributed by atoms with Crippen molar-refractivity contribution >= 4 is 5.69 Å². The number of aliphatic hydroxyl groups excluding tert-OH is 1. The van der Waals surface area contributed by atoms with Crippen molar-refractivity contribution in [2.45, 2.75) is 6.18 Å². The zero-order valence-corrected chi connectivity index (χ0v) is 8.44. The molecule has 4 nitrogen and oxygen atoms in total. The maximum atomic E-state index is 12.2. The van der Waals surface area contributed by atoms with Gasteiger partial charge in [-0.2, -0.15) is 13.2 Å². The Labute approximate surface area is 90.0 Å². The van der Waals surface area contributed by atoms with Crippen LogP contribution in [0.3, 0.4) is 0 Å². The molecular weight excluding hydrogens is 223 g/mol. The molecular formula is C9H10F3N3O. The van der Waals surface area contributed by atoms with E-state index >= 15 is 0 Å². The molecule has 1 aromatic rings. The molecule has 1 rings (SSSR count). The minimum atomic E-state index is -4.35. The van der Waals surface area contributed by atoms with Gasteiger partial charge in [0.15, 0.2) is 0 Å².